The lowest BCUT2D eigenvalue weighted by Crippen LogP contribution is -2.65. The van der Waals surface area contributed by atoms with Gasteiger partial charge in [-0.1, -0.05) is 57.5 Å². The molecule has 0 radical (unpaired) electrons. The number of Topliss-reactive ketones (excluding diaryl/α,β-unsaturated/α-hetero) is 1. The molecule has 7 nitrogen and oxygen atoms in total. The lowest BCUT2D eigenvalue weighted by Gasteiger charge is -2.67. The van der Waals surface area contributed by atoms with E-state index in [-0.39, 0.29) is 28.3 Å². The van der Waals surface area contributed by atoms with Gasteiger partial charge < -0.3 is 19.8 Å². The molecule has 4 fully saturated rings. The van der Waals surface area contributed by atoms with Gasteiger partial charge in [0.15, 0.2) is 5.78 Å². The average Bonchev–Trinajstić information content (AvgIpc) is 3.40. The van der Waals surface area contributed by atoms with E-state index >= 15 is 0 Å². The summed E-state index contributed by atoms with van der Waals surface area (Å²) in [5.41, 5.74) is 1.48. The minimum Gasteiger partial charge on any atom is -0.508 e. The fraction of sp³-hybridized carbons (Fsp3) is 0.524. The number of ketones is 2. The number of allylic oxidation sites excluding steroid dienone is 4. The maximum atomic E-state index is 14.3. The molecule has 1 heterocycles. The monoisotopic (exact) mass is 698 g/mol. The maximum Gasteiger partial charge on any atom is 0.178 e. The standard InChI is InChI=1S/C42H51ClN2O5/c1-27(33-24-29(43)8-14-36(33)50-32-11-9-30(46)10-12-32)45-21-19-44(20-22-45)26-35(48)34-13-15-37-39(34,2)25-38(49)42(5)40(3)18-16-31(47)23-28(40)7-6-17-41(37,42)4/h8-12,14,16,18,23-24,34,37-38,46,49H,1,6-7,13,15,17,19-22,25-26H2,2-5H3/t34-,37?,38?,39-,40+,41+,42-/m1/s1. The number of halogens is 1. The van der Waals surface area contributed by atoms with Crippen molar-refractivity contribution in [2.75, 3.05) is 32.7 Å². The third-order valence-corrected chi connectivity index (χ3v) is 14.5. The molecule has 0 amide bonds. The quantitative estimate of drug-likeness (QED) is 0.302. The Morgan fingerprint density at radius 1 is 1.04 bits per heavy atom. The summed E-state index contributed by atoms with van der Waals surface area (Å²) in [5, 5.41) is 22.5. The van der Waals surface area contributed by atoms with E-state index in [1.807, 2.05) is 18.2 Å². The smallest absolute Gasteiger partial charge is 0.178 e. The highest BCUT2D eigenvalue weighted by atomic mass is 35.5. The topological polar surface area (TPSA) is 90.3 Å². The number of hydrogen-bond acceptors (Lipinski definition) is 7. The number of phenolic OH excluding ortho intramolecular Hbond substituents is 1. The van der Waals surface area contributed by atoms with Crippen LogP contribution >= 0.6 is 11.6 Å². The molecular weight excluding hydrogens is 648 g/mol. The Hall–Kier alpha value is -3.39. The second-order valence-electron chi connectivity index (χ2n) is 16.4. The second-order valence-corrected chi connectivity index (χ2v) is 16.8. The number of aliphatic hydroxyl groups is 1. The molecule has 5 aliphatic rings. The number of aromatic hydroxyl groups is 1. The first-order chi connectivity index (χ1) is 23.7. The molecule has 50 heavy (non-hydrogen) atoms. The van der Waals surface area contributed by atoms with Crippen molar-refractivity contribution in [1.82, 2.24) is 9.80 Å². The van der Waals surface area contributed by atoms with E-state index in [0.717, 1.165) is 75.1 Å². The molecule has 7 rings (SSSR count). The summed E-state index contributed by atoms with van der Waals surface area (Å²) < 4.78 is 6.16. The Morgan fingerprint density at radius 3 is 2.48 bits per heavy atom. The lowest BCUT2D eigenvalue weighted by molar-refractivity contribution is -0.211. The summed E-state index contributed by atoms with van der Waals surface area (Å²) in [5.74, 6) is 1.98. The van der Waals surface area contributed by atoms with Gasteiger partial charge in [-0.15, -0.1) is 0 Å². The number of benzene rings is 2. The minimum atomic E-state index is -0.588. The summed E-state index contributed by atoms with van der Waals surface area (Å²) in [4.78, 5) is 31.2. The normalized spacial score (nSPS) is 35.4. The van der Waals surface area contributed by atoms with Gasteiger partial charge in [0.25, 0.3) is 0 Å². The summed E-state index contributed by atoms with van der Waals surface area (Å²) in [6, 6.07) is 12.1. The number of nitrogens with zero attached hydrogens (tertiary/aromatic N) is 2. The molecule has 266 valence electrons. The summed E-state index contributed by atoms with van der Waals surface area (Å²) in [6.45, 7) is 16.9. The van der Waals surface area contributed by atoms with Gasteiger partial charge >= 0.3 is 0 Å². The van der Waals surface area contributed by atoms with Gasteiger partial charge in [-0.05, 0) is 110 Å². The molecule has 0 spiro atoms. The lowest BCUT2D eigenvalue weighted by atomic mass is 9.38. The molecule has 7 atom stereocenters. The van der Waals surface area contributed by atoms with Gasteiger partial charge in [0.1, 0.15) is 23.0 Å². The van der Waals surface area contributed by atoms with Crippen molar-refractivity contribution < 1.29 is 24.5 Å². The zero-order valence-electron chi connectivity index (χ0n) is 29.9. The second kappa shape index (κ2) is 12.7. The highest BCUT2D eigenvalue weighted by molar-refractivity contribution is 6.30. The van der Waals surface area contributed by atoms with Crippen molar-refractivity contribution in [3.63, 3.8) is 0 Å². The predicted octanol–water partition coefficient (Wildman–Crippen LogP) is 8.06. The zero-order chi connectivity index (χ0) is 35.6. The predicted molar refractivity (Wildman–Crippen MR) is 197 cm³/mol. The van der Waals surface area contributed by atoms with Gasteiger partial charge in [-0.25, -0.2) is 0 Å². The van der Waals surface area contributed by atoms with Crippen LogP contribution in [0.4, 0.5) is 0 Å². The average molecular weight is 699 g/mol. The van der Waals surface area contributed by atoms with Gasteiger partial charge in [0.05, 0.1) is 12.6 Å². The highest BCUT2D eigenvalue weighted by Gasteiger charge is 2.71. The number of rotatable bonds is 7. The Kier molecular flexibility index (Phi) is 8.88. The molecule has 2 aromatic rings. The molecule has 0 aromatic heterocycles. The van der Waals surface area contributed by atoms with E-state index in [4.69, 9.17) is 16.3 Å². The molecule has 2 unspecified atom stereocenters. The van der Waals surface area contributed by atoms with Crippen LogP contribution in [0.1, 0.15) is 71.8 Å². The zero-order valence-corrected chi connectivity index (χ0v) is 30.6. The fourth-order valence-electron chi connectivity index (χ4n) is 11.2. The van der Waals surface area contributed by atoms with E-state index in [1.54, 1.807) is 36.4 Å². The van der Waals surface area contributed by atoms with Crippen molar-refractivity contribution in [2.24, 2.45) is 33.5 Å². The van der Waals surface area contributed by atoms with Gasteiger partial charge in [0.2, 0.25) is 0 Å². The molecule has 4 aliphatic carbocycles. The van der Waals surface area contributed by atoms with Crippen LogP contribution in [0.2, 0.25) is 5.02 Å². The number of fused-ring (bicyclic) bond motifs is 5. The summed E-state index contributed by atoms with van der Waals surface area (Å²) >= 11 is 6.41. The summed E-state index contributed by atoms with van der Waals surface area (Å²) in [6.07, 6.45) is 10.3. The first kappa shape index (κ1) is 35.0. The van der Waals surface area contributed by atoms with E-state index in [0.29, 0.717) is 41.2 Å². The van der Waals surface area contributed by atoms with Crippen molar-refractivity contribution in [2.45, 2.75) is 72.3 Å². The van der Waals surface area contributed by atoms with Crippen molar-refractivity contribution in [3.05, 3.63) is 83.4 Å². The number of aliphatic hydroxyl groups excluding tert-OH is 1. The van der Waals surface area contributed by atoms with Crippen LogP contribution in [0.25, 0.3) is 5.70 Å². The number of carbonyl (C=O) groups excluding carboxylic acids is 2. The number of phenols is 1. The van der Waals surface area contributed by atoms with Crippen LogP contribution in [0.5, 0.6) is 17.2 Å². The Labute approximate surface area is 301 Å². The molecular formula is C42H51ClN2O5. The molecule has 3 saturated carbocycles. The number of carbonyl (C=O) groups is 2. The largest absolute Gasteiger partial charge is 0.508 e. The Bertz CT molecular complexity index is 1760. The summed E-state index contributed by atoms with van der Waals surface area (Å²) in [7, 11) is 0. The minimum absolute atomic E-state index is 0.0466. The van der Waals surface area contributed by atoms with Gasteiger partial charge in [-0.2, -0.15) is 0 Å². The molecule has 0 bridgehead atoms. The van der Waals surface area contributed by atoms with Crippen LogP contribution in [0.15, 0.2) is 72.8 Å². The fourth-order valence-corrected chi connectivity index (χ4v) is 11.3. The van der Waals surface area contributed by atoms with Crippen LogP contribution in [0, 0.1) is 33.5 Å². The third-order valence-electron chi connectivity index (χ3n) is 14.2. The number of ether oxygens (including phenoxy) is 1. The molecule has 8 heteroatoms. The van der Waals surface area contributed by atoms with E-state index in [9.17, 15) is 19.8 Å². The van der Waals surface area contributed by atoms with Crippen LogP contribution in [0.3, 0.4) is 0 Å². The van der Waals surface area contributed by atoms with Crippen molar-refractivity contribution >= 4 is 28.9 Å². The van der Waals surface area contributed by atoms with Crippen molar-refractivity contribution in [3.8, 4) is 17.2 Å². The molecule has 1 saturated heterocycles. The Morgan fingerprint density at radius 2 is 1.76 bits per heavy atom. The number of piperazine rings is 1. The van der Waals surface area contributed by atoms with E-state index in [2.05, 4.69) is 50.1 Å². The van der Waals surface area contributed by atoms with E-state index < -0.39 is 16.9 Å². The Balaban J connectivity index is 1.03. The van der Waals surface area contributed by atoms with Crippen LogP contribution in [-0.2, 0) is 9.59 Å². The molecule has 2 N–H and O–H groups in total. The SMILES string of the molecule is C=C(c1cc(Cl)ccc1Oc1ccc(O)cc1)N1CCN(CC(=O)[C@H]2CCC3[C@]2(C)CC(O)[C@]2(C)[C@@]4(C)C=CC(=O)C=C4CCC[C@@]32C)CC1. The van der Waals surface area contributed by atoms with Crippen LogP contribution in [-0.4, -0.2) is 70.4 Å². The molecule has 1 aliphatic heterocycles. The van der Waals surface area contributed by atoms with Gasteiger partial charge in [-0.3, -0.25) is 14.5 Å². The highest BCUT2D eigenvalue weighted by Crippen LogP contribution is 2.75. The molecule has 2 aromatic carbocycles. The van der Waals surface area contributed by atoms with Gasteiger partial charge in [0, 0.05) is 59.2 Å². The first-order valence-corrected chi connectivity index (χ1v) is 18.7. The number of hydrogen-bond donors (Lipinski definition) is 2. The first-order valence-electron chi connectivity index (χ1n) is 18.3. The van der Waals surface area contributed by atoms with E-state index in [1.165, 1.54) is 0 Å². The van der Waals surface area contributed by atoms with Crippen LogP contribution < -0.4 is 4.74 Å². The third kappa shape index (κ3) is 5.46. The maximum absolute atomic E-state index is 14.3. The van der Waals surface area contributed by atoms with Crippen molar-refractivity contribution in [1.29, 1.82) is 0 Å².